The summed E-state index contributed by atoms with van der Waals surface area (Å²) in [6.07, 6.45) is 5.10. The second-order valence-electron chi connectivity index (χ2n) is 9.54. The molecule has 3 heterocycles. The third-order valence-electron chi connectivity index (χ3n) is 7.32. The topological polar surface area (TPSA) is 76.7 Å². The van der Waals surface area contributed by atoms with Crippen molar-refractivity contribution >= 4 is 17.3 Å². The van der Waals surface area contributed by atoms with Crippen molar-refractivity contribution in [2.75, 3.05) is 0 Å². The molecule has 2 aliphatic rings. The van der Waals surface area contributed by atoms with Gasteiger partial charge in [-0.25, -0.2) is 4.39 Å². The van der Waals surface area contributed by atoms with Crippen LogP contribution in [0, 0.1) is 5.82 Å². The van der Waals surface area contributed by atoms with Gasteiger partial charge in [0.15, 0.2) is 5.78 Å². The van der Waals surface area contributed by atoms with E-state index in [0.717, 1.165) is 37.7 Å². The zero-order valence-corrected chi connectivity index (χ0v) is 19.7. The van der Waals surface area contributed by atoms with Gasteiger partial charge < -0.3 is 9.47 Å². The van der Waals surface area contributed by atoms with Gasteiger partial charge in [-0.15, -0.1) is 0 Å². The summed E-state index contributed by atoms with van der Waals surface area (Å²) in [4.78, 5) is 42.3. The molecule has 1 aliphatic carbocycles. The molecule has 1 fully saturated rings. The first-order valence-corrected chi connectivity index (χ1v) is 12.3. The Bertz CT molecular complexity index is 1530. The molecule has 6 rings (SSSR count). The Morgan fingerprint density at radius 2 is 1.69 bits per heavy atom. The molecule has 0 bridgehead atoms. The summed E-state index contributed by atoms with van der Waals surface area (Å²) in [6.45, 7) is 0.0563. The van der Waals surface area contributed by atoms with E-state index in [-0.39, 0.29) is 42.1 Å². The number of hydrogen-bond donors (Lipinski definition) is 0. The molecule has 36 heavy (non-hydrogen) atoms. The molecule has 0 radical (unpaired) electrons. The first kappa shape index (κ1) is 22.4. The molecule has 0 atom stereocenters. The Labute approximate surface area is 206 Å². The normalized spacial score (nSPS) is 16.0. The summed E-state index contributed by atoms with van der Waals surface area (Å²) in [5, 5.41) is 4.57. The number of fused-ring (bicyclic) bond motifs is 2. The van der Waals surface area contributed by atoms with Gasteiger partial charge in [0.2, 0.25) is 0 Å². The zero-order valence-electron chi connectivity index (χ0n) is 19.7. The van der Waals surface area contributed by atoms with Gasteiger partial charge in [-0.2, -0.15) is 9.61 Å². The van der Waals surface area contributed by atoms with Crippen LogP contribution in [0.1, 0.15) is 58.5 Å². The van der Waals surface area contributed by atoms with Crippen LogP contribution >= 0.6 is 0 Å². The second kappa shape index (κ2) is 8.86. The monoisotopic (exact) mass is 484 g/mol. The van der Waals surface area contributed by atoms with E-state index in [0.29, 0.717) is 22.5 Å². The van der Waals surface area contributed by atoms with Gasteiger partial charge in [-0.1, -0.05) is 49.6 Å². The molecule has 1 saturated carbocycles. The summed E-state index contributed by atoms with van der Waals surface area (Å²) in [7, 11) is 0. The maximum atomic E-state index is 13.7. The van der Waals surface area contributed by atoms with Crippen molar-refractivity contribution in [1.82, 2.24) is 19.1 Å². The van der Waals surface area contributed by atoms with Crippen molar-refractivity contribution in [3.8, 4) is 11.3 Å². The molecular weight excluding hydrogens is 459 g/mol. The number of nitrogens with zero attached hydrogens (tertiary/aromatic N) is 4. The van der Waals surface area contributed by atoms with E-state index in [1.165, 1.54) is 28.8 Å². The maximum absolute atomic E-state index is 13.7. The summed E-state index contributed by atoms with van der Waals surface area (Å²) < 4.78 is 16.4. The van der Waals surface area contributed by atoms with Gasteiger partial charge in [0.25, 0.3) is 11.5 Å². The predicted molar refractivity (Wildman–Crippen MR) is 132 cm³/mol. The number of Topliss-reactive ketones (excluding diaryl/α,β-unsaturated/α-hetero) is 1. The molecule has 8 heteroatoms. The number of ketones is 1. The first-order valence-electron chi connectivity index (χ1n) is 12.3. The van der Waals surface area contributed by atoms with Crippen molar-refractivity contribution in [3.05, 3.63) is 93.7 Å². The Balaban J connectivity index is 1.50. The van der Waals surface area contributed by atoms with Crippen molar-refractivity contribution in [2.45, 2.75) is 51.2 Å². The number of benzene rings is 2. The molecular formula is C28H25FN4O3. The molecule has 0 unspecified atom stereocenters. The molecule has 2 aromatic heterocycles. The fourth-order valence-electron chi connectivity index (χ4n) is 5.45. The maximum Gasteiger partial charge on any atom is 0.280 e. The minimum absolute atomic E-state index is 0.0894. The first-order chi connectivity index (χ1) is 17.5. The highest BCUT2D eigenvalue weighted by Gasteiger charge is 2.38. The average molecular weight is 485 g/mol. The van der Waals surface area contributed by atoms with Crippen LogP contribution in [0.25, 0.3) is 16.9 Å². The van der Waals surface area contributed by atoms with Gasteiger partial charge in [0.05, 0.1) is 24.3 Å². The predicted octanol–water partition coefficient (Wildman–Crippen LogP) is 4.47. The smallest absolute Gasteiger partial charge is 0.280 e. The van der Waals surface area contributed by atoms with Crippen LogP contribution in [0.5, 0.6) is 0 Å². The summed E-state index contributed by atoms with van der Waals surface area (Å²) in [5.74, 6) is -0.931. The van der Waals surface area contributed by atoms with Crippen LogP contribution in [-0.2, 0) is 13.1 Å². The summed E-state index contributed by atoms with van der Waals surface area (Å²) in [6, 6.07) is 16.6. The van der Waals surface area contributed by atoms with Crippen molar-refractivity contribution in [1.29, 1.82) is 0 Å². The van der Waals surface area contributed by atoms with Crippen molar-refractivity contribution < 1.29 is 14.0 Å². The zero-order chi connectivity index (χ0) is 24.8. The number of rotatable bonds is 5. The molecule has 7 nitrogen and oxygen atoms in total. The van der Waals surface area contributed by atoms with E-state index in [4.69, 9.17) is 0 Å². The lowest BCUT2D eigenvalue weighted by Crippen LogP contribution is -2.37. The lowest BCUT2D eigenvalue weighted by atomic mass is 9.94. The SMILES string of the molecule is O=C(Cn1c2c(c(=O)n3nc(-c4ccccc4)cc13)CN(C1CCCCC1)C2=O)c1ccc(F)cc1. The minimum Gasteiger partial charge on any atom is -0.330 e. The second-order valence-corrected chi connectivity index (χ2v) is 9.54. The fourth-order valence-corrected chi connectivity index (χ4v) is 5.45. The van der Waals surface area contributed by atoms with Gasteiger partial charge >= 0.3 is 0 Å². The van der Waals surface area contributed by atoms with Gasteiger partial charge in [0.1, 0.15) is 17.2 Å². The van der Waals surface area contributed by atoms with Gasteiger partial charge in [-0.3, -0.25) is 14.4 Å². The number of aromatic nitrogens is 3. The molecule has 4 aromatic rings. The number of halogens is 1. The summed E-state index contributed by atoms with van der Waals surface area (Å²) >= 11 is 0. The van der Waals surface area contributed by atoms with Crippen LogP contribution < -0.4 is 5.56 Å². The van der Waals surface area contributed by atoms with E-state index in [1.54, 1.807) is 15.5 Å². The molecule has 1 aliphatic heterocycles. The number of amides is 1. The number of carbonyl (C=O) groups excluding carboxylic acids is 2. The molecule has 0 N–H and O–H groups in total. The molecule has 0 saturated heterocycles. The Morgan fingerprint density at radius 1 is 0.972 bits per heavy atom. The largest absolute Gasteiger partial charge is 0.330 e. The Morgan fingerprint density at radius 3 is 2.42 bits per heavy atom. The Hall–Kier alpha value is -4.07. The number of carbonyl (C=O) groups is 2. The van der Waals surface area contributed by atoms with E-state index < -0.39 is 5.82 Å². The van der Waals surface area contributed by atoms with Crippen LogP contribution in [0.2, 0.25) is 0 Å². The Kier molecular flexibility index (Phi) is 5.51. The van der Waals surface area contributed by atoms with Crippen LogP contribution in [-0.4, -0.2) is 36.8 Å². The summed E-state index contributed by atoms with van der Waals surface area (Å²) in [5.41, 5.74) is 2.41. The quantitative estimate of drug-likeness (QED) is 0.392. The molecule has 1 amide bonds. The standard InChI is InChI=1S/C28H25FN4O3/c29-20-13-11-19(12-14-20)24(34)17-32-25-15-23(18-7-3-1-4-8-18)30-33(25)27(35)22-16-31(28(36)26(22)32)21-9-5-2-6-10-21/h1,3-4,7-8,11-15,21H,2,5-6,9-10,16-17H2. The highest BCUT2D eigenvalue weighted by Crippen LogP contribution is 2.31. The highest BCUT2D eigenvalue weighted by molar-refractivity contribution is 6.00. The minimum atomic E-state index is -0.431. The van der Waals surface area contributed by atoms with Gasteiger partial charge in [0, 0.05) is 23.2 Å². The number of hydrogen-bond acceptors (Lipinski definition) is 4. The van der Waals surface area contributed by atoms with Crippen molar-refractivity contribution in [2.24, 2.45) is 0 Å². The third-order valence-corrected chi connectivity index (χ3v) is 7.32. The average Bonchev–Trinajstić information content (AvgIpc) is 3.51. The van der Waals surface area contributed by atoms with E-state index >= 15 is 0 Å². The van der Waals surface area contributed by atoms with Crippen LogP contribution in [0.4, 0.5) is 4.39 Å². The fraction of sp³-hybridized carbons (Fsp3) is 0.286. The lowest BCUT2D eigenvalue weighted by molar-refractivity contribution is 0.0652. The third kappa shape index (κ3) is 3.73. The lowest BCUT2D eigenvalue weighted by Gasteiger charge is -2.30. The van der Waals surface area contributed by atoms with E-state index in [2.05, 4.69) is 5.10 Å². The van der Waals surface area contributed by atoms with Gasteiger partial charge in [-0.05, 0) is 37.1 Å². The van der Waals surface area contributed by atoms with Crippen LogP contribution in [0.15, 0.2) is 65.5 Å². The highest BCUT2D eigenvalue weighted by atomic mass is 19.1. The molecule has 0 spiro atoms. The molecule has 2 aromatic carbocycles. The van der Waals surface area contributed by atoms with E-state index in [1.807, 2.05) is 30.3 Å². The van der Waals surface area contributed by atoms with Crippen LogP contribution in [0.3, 0.4) is 0 Å². The van der Waals surface area contributed by atoms with Crippen molar-refractivity contribution in [3.63, 3.8) is 0 Å². The van der Waals surface area contributed by atoms with E-state index in [9.17, 15) is 18.8 Å². The molecule has 182 valence electrons.